The maximum atomic E-state index is 15.9. The topological polar surface area (TPSA) is 170 Å². The number of aliphatic carboxylic acids is 1. The van der Waals surface area contributed by atoms with Crippen molar-refractivity contribution in [1.82, 2.24) is 19.7 Å². The number of nitrogens with zero attached hydrogens (tertiary/aromatic N) is 4. The van der Waals surface area contributed by atoms with E-state index in [9.17, 15) is 18.0 Å². The van der Waals surface area contributed by atoms with Crippen molar-refractivity contribution in [3.05, 3.63) is 100 Å². The van der Waals surface area contributed by atoms with E-state index in [0.29, 0.717) is 33.2 Å². The summed E-state index contributed by atoms with van der Waals surface area (Å²) in [5.41, 5.74) is 1.21. The number of amides is 1. The molecule has 2 aromatic heterocycles. The van der Waals surface area contributed by atoms with Crippen molar-refractivity contribution in [2.45, 2.75) is 18.4 Å². The number of carbonyl (C=O) groups is 2. The van der Waals surface area contributed by atoms with Crippen LogP contribution in [0.15, 0.2) is 78.1 Å². The zero-order chi connectivity index (χ0) is 36.9. The number of pyridine rings is 1. The molecule has 0 aliphatic heterocycles. The van der Waals surface area contributed by atoms with Crippen LogP contribution in [0.25, 0.3) is 11.1 Å². The number of anilines is 1. The molecule has 2 heterocycles. The number of methoxy groups -OCH3 is 2. The summed E-state index contributed by atoms with van der Waals surface area (Å²) < 4.78 is 65.5. The number of carboxylic acids is 1. The molecule has 0 aliphatic carbocycles. The van der Waals surface area contributed by atoms with E-state index in [1.54, 1.807) is 24.3 Å². The van der Waals surface area contributed by atoms with Gasteiger partial charge in [0, 0.05) is 52.6 Å². The second-order valence-corrected chi connectivity index (χ2v) is 14.2. The average Bonchev–Trinajstić information content (AvgIpc) is 3.66. The molecule has 0 radical (unpaired) electrons. The third kappa shape index (κ3) is 8.48. The number of benzene rings is 3. The van der Waals surface area contributed by atoms with E-state index in [4.69, 9.17) is 42.5 Å². The summed E-state index contributed by atoms with van der Waals surface area (Å²) in [6.45, 7) is 1.04. The lowest BCUT2D eigenvalue weighted by Crippen LogP contribution is -2.31. The molecule has 18 heteroatoms. The Bertz CT molecular complexity index is 2190. The maximum Gasteiger partial charge on any atom is 0.308 e. The number of sulfonamides is 1. The molecular formula is C33H28Cl2FN5O8S2. The van der Waals surface area contributed by atoms with Crippen molar-refractivity contribution in [3.63, 3.8) is 0 Å². The van der Waals surface area contributed by atoms with Crippen LogP contribution in [0.3, 0.4) is 0 Å². The molecule has 1 atom stereocenters. The highest BCUT2D eigenvalue weighted by atomic mass is 35.5. The molecule has 0 saturated heterocycles. The number of carboxylic acid groups (broad SMARTS) is 1. The molecule has 1 unspecified atom stereocenters. The lowest BCUT2D eigenvalue weighted by Gasteiger charge is -2.23. The van der Waals surface area contributed by atoms with E-state index in [-0.39, 0.29) is 40.4 Å². The van der Waals surface area contributed by atoms with E-state index < -0.39 is 38.5 Å². The molecule has 2 N–H and O–H groups in total. The Morgan fingerprint density at radius 3 is 2.47 bits per heavy atom. The van der Waals surface area contributed by atoms with Gasteiger partial charge >= 0.3 is 5.97 Å². The van der Waals surface area contributed by atoms with Crippen LogP contribution in [0.1, 0.15) is 23.0 Å². The largest absolute Gasteiger partial charge is 0.497 e. The van der Waals surface area contributed by atoms with Gasteiger partial charge in [-0.15, -0.1) is 0 Å². The zero-order valence-electron chi connectivity index (χ0n) is 27.0. The van der Waals surface area contributed by atoms with Crippen LogP contribution in [0.5, 0.6) is 23.0 Å². The summed E-state index contributed by atoms with van der Waals surface area (Å²) in [5.74, 6) is -2.93. The summed E-state index contributed by atoms with van der Waals surface area (Å²) in [5, 5.41) is 11.7. The smallest absolute Gasteiger partial charge is 0.308 e. The van der Waals surface area contributed by atoms with Crippen LogP contribution in [-0.2, 0) is 21.4 Å². The Hall–Kier alpha value is -5.03. The zero-order valence-corrected chi connectivity index (χ0v) is 30.1. The van der Waals surface area contributed by atoms with E-state index in [1.165, 1.54) is 57.9 Å². The minimum absolute atomic E-state index is 0.0121. The van der Waals surface area contributed by atoms with Crippen LogP contribution >= 0.6 is 34.7 Å². The van der Waals surface area contributed by atoms with Gasteiger partial charge in [-0.1, -0.05) is 30.1 Å². The molecule has 5 aromatic rings. The highest BCUT2D eigenvalue weighted by Crippen LogP contribution is 2.40. The van der Waals surface area contributed by atoms with Gasteiger partial charge in [-0.2, -0.15) is 4.37 Å². The number of nitrogens with one attached hydrogen (secondary N) is 1. The van der Waals surface area contributed by atoms with Crippen molar-refractivity contribution < 1.29 is 41.7 Å². The summed E-state index contributed by atoms with van der Waals surface area (Å²) in [6, 6.07) is 14.2. The summed E-state index contributed by atoms with van der Waals surface area (Å²) in [7, 11) is -1.75. The first-order valence-electron chi connectivity index (χ1n) is 14.8. The molecule has 0 spiro atoms. The van der Waals surface area contributed by atoms with Crippen molar-refractivity contribution in [2.24, 2.45) is 5.92 Å². The molecule has 13 nitrogen and oxygen atoms in total. The van der Waals surface area contributed by atoms with Gasteiger partial charge in [0.2, 0.25) is 5.13 Å². The SMILES string of the molecule is COc1ccc(CN(c2ncns2)S(=O)(=O)c2cc(Cl)c(Oc3ccc(Cl)cc3-c3ccnc(C(=O)NCC(C)C(=O)O)c3)cc2F)c(OC)c1. The van der Waals surface area contributed by atoms with Gasteiger partial charge in [0.25, 0.3) is 15.9 Å². The predicted molar refractivity (Wildman–Crippen MR) is 188 cm³/mol. The summed E-state index contributed by atoms with van der Waals surface area (Å²) in [4.78, 5) is 31.2. The molecule has 0 fully saturated rings. The standard InChI is InChI=1S/C33H28Cl2FN5O8S2/c1-18(32(43)44)15-38-31(42)26-10-19(8-9-37-26)23-11-21(34)5-7-27(23)49-29-14-25(36)30(13-24(29)35)51(45,46)41(33-39-17-40-50-33)16-20-4-6-22(47-2)12-28(20)48-3/h4-14,17-18H,15-16H2,1-3H3,(H,38,42)(H,43,44). The first kappa shape index (κ1) is 37.2. The van der Waals surface area contributed by atoms with Crippen LogP contribution < -0.4 is 23.8 Å². The Labute approximate surface area is 305 Å². The Balaban J connectivity index is 1.47. The lowest BCUT2D eigenvalue weighted by molar-refractivity contribution is -0.140. The second kappa shape index (κ2) is 15.9. The van der Waals surface area contributed by atoms with Gasteiger partial charge in [0.1, 0.15) is 45.7 Å². The van der Waals surface area contributed by atoms with Crippen molar-refractivity contribution >= 4 is 61.8 Å². The monoisotopic (exact) mass is 775 g/mol. The normalized spacial score (nSPS) is 11.8. The molecule has 0 aliphatic rings. The molecule has 0 bridgehead atoms. The number of aromatic nitrogens is 3. The van der Waals surface area contributed by atoms with Crippen LogP contribution in [0, 0.1) is 11.7 Å². The summed E-state index contributed by atoms with van der Waals surface area (Å²) >= 11 is 13.6. The summed E-state index contributed by atoms with van der Waals surface area (Å²) in [6.07, 6.45) is 2.54. The number of rotatable bonds is 14. The Morgan fingerprint density at radius 2 is 1.78 bits per heavy atom. The van der Waals surface area contributed by atoms with Crippen molar-refractivity contribution in [3.8, 4) is 34.1 Å². The number of halogens is 3. The van der Waals surface area contributed by atoms with Crippen molar-refractivity contribution in [1.29, 1.82) is 0 Å². The number of ether oxygens (including phenoxy) is 3. The maximum absolute atomic E-state index is 15.9. The molecular weight excluding hydrogens is 748 g/mol. The van der Waals surface area contributed by atoms with Gasteiger partial charge < -0.3 is 24.6 Å². The minimum atomic E-state index is -4.65. The van der Waals surface area contributed by atoms with E-state index in [2.05, 4.69) is 19.7 Å². The molecule has 266 valence electrons. The van der Waals surface area contributed by atoms with Gasteiger partial charge in [-0.3, -0.25) is 14.6 Å². The van der Waals surface area contributed by atoms with Gasteiger partial charge in [0.15, 0.2) is 0 Å². The van der Waals surface area contributed by atoms with E-state index in [0.717, 1.165) is 28.0 Å². The Kier molecular flexibility index (Phi) is 11.6. The fourth-order valence-electron chi connectivity index (χ4n) is 4.66. The lowest BCUT2D eigenvalue weighted by atomic mass is 10.0. The van der Waals surface area contributed by atoms with Gasteiger partial charge in [-0.05, 0) is 54.1 Å². The quantitative estimate of drug-likeness (QED) is 0.123. The second-order valence-electron chi connectivity index (χ2n) is 10.7. The fraction of sp³-hybridized carbons (Fsp3) is 0.182. The highest BCUT2D eigenvalue weighted by molar-refractivity contribution is 7.93. The molecule has 3 aromatic carbocycles. The van der Waals surface area contributed by atoms with Crippen LogP contribution in [0.2, 0.25) is 10.0 Å². The third-order valence-corrected chi connectivity index (χ3v) is 10.5. The molecule has 1 amide bonds. The Morgan fingerprint density at radius 1 is 1.00 bits per heavy atom. The van der Waals surface area contributed by atoms with Crippen molar-refractivity contribution in [2.75, 3.05) is 25.1 Å². The van der Waals surface area contributed by atoms with Crippen LogP contribution in [0.4, 0.5) is 9.52 Å². The molecule has 5 rings (SSSR count). The average molecular weight is 777 g/mol. The molecule has 0 saturated carbocycles. The predicted octanol–water partition coefficient (Wildman–Crippen LogP) is 6.70. The van der Waals surface area contributed by atoms with Gasteiger partial charge in [-0.25, -0.2) is 22.1 Å². The molecule has 51 heavy (non-hydrogen) atoms. The fourth-order valence-corrected chi connectivity index (χ4v) is 7.30. The first-order chi connectivity index (χ1) is 24.3. The first-order valence-corrected chi connectivity index (χ1v) is 17.7. The highest BCUT2D eigenvalue weighted by Gasteiger charge is 2.32. The van der Waals surface area contributed by atoms with E-state index in [1.807, 2.05) is 0 Å². The number of hydrogen-bond acceptors (Lipinski definition) is 11. The number of carbonyl (C=O) groups excluding carboxylic acids is 1. The van der Waals surface area contributed by atoms with Crippen LogP contribution in [-0.4, -0.2) is 60.5 Å². The van der Waals surface area contributed by atoms with Gasteiger partial charge in [0.05, 0.1) is 31.7 Å². The third-order valence-electron chi connectivity index (χ3n) is 7.38. The van der Waals surface area contributed by atoms with E-state index >= 15 is 4.39 Å². The minimum Gasteiger partial charge on any atom is -0.497 e. The number of hydrogen-bond donors (Lipinski definition) is 2.